The van der Waals surface area contributed by atoms with E-state index >= 15 is 0 Å². The van der Waals surface area contributed by atoms with Crippen LogP contribution in [0.2, 0.25) is 0 Å². The number of ketones is 1. The van der Waals surface area contributed by atoms with Gasteiger partial charge in [-0.15, -0.1) is 23.2 Å². The normalized spacial score (nSPS) is 26.4. The van der Waals surface area contributed by atoms with Gasteiger partial charge in [0.15, 0.2) is 11.5 Å². The molecule has 1 saturated carbocycles. The first-order valence-electron chi connectivity index (χ1n) is 10.3. The highest BCUT2D eigenvalue weighted by atomic mass is 35.5. The van der Waals surface area contributed by atoms with E-state index in [2.05, 4.69) is 5.10 Å². The predicted molar refractivity (Wildman–Crippen MR) is 116 cm³/mol. The minimum Gasteiger partial charge on any atom is -0.376 e. The Labute approximate surface area is 193 Å². The van der Waals surface area contributed by atoms with Crippen molar-refractivity contribution in [3.63, 3.8) is 0 Å². The molecule has 172 valence electrons. The maximum atomic E-state index is 14.6. The SMILES string of the molecule is CO[C@H]1[C@@H](C(=O)CC[C@H]2CC2(Cl)Cl)N(C(=O)Cn2nc(C(N)=O)c3ccccc32)C[C@@H]1F. The molecule has 1 saturated heterocycles. The number of primary amides is 1. The van der Waals surface area contributed by atoms with Crippen molar-refractivity contribution in [2.45, 2.75) is 48.5 Å². The van der Waals surface area contributed by atoms with E-state index in [0.29, 0.717) is 23.7 Å². The van der Waals surface area contributed by atoms with Crippen LogP contribution in [0.5, 0.6) is 0 Å². The number of halogens is 3. The van der Waals surface area contributed by atoms with Gasteiger partial charge in [-0.05, 0) is 24.8 Å². The van der Waals surface area contributed by atoms with Gasteiger partial charge in [0.25, 0.3) is 5.91 Å². The number of ether oxygens (including phenoxy) is 1. The molecular weight excluding hydrogens is 462 g/mol. The summed E-state index contributed by atoms with van der Waals surface area (Å²) in [6.45, 7) is -0.552. The Morgan fingerprint density at radius 1 is 1.31 bits per heavy atom. The third kappa shape index (κ3) is 4.21. The molecule has 2 aliphatic rings. The van der Waals surface area contributed by atoms with Crippen molar-refractivity contribution in [3.05, 3.63) is 30.0 Å². The van der Waals surface area contributed by atoms with Crippen LogP contribution in [0.4, 0.5) is 4.39 Å². The third-order valence-corrected chi connectivity index (χ3v) is 7.09. The summed E-state index contributed by atoms with van der Waals surface area (Å²) in [5.74, 6) is -1.53. The molecule has 11 heteroatoms. The van der Waals surface area contributed by atoms with Crippen LogP contribution in [0.15, 0.2) is 24.3 Å². The number of hydrogen-bond donors (Lipinski definition) is 1. The molecule has 1 aromatic carbocycles. The average molecular weight is 485 g/mol. The summed E-state index contributed by atoms with van der Waals surface area (Å²) in [6, 6.07) is 5.78. The molecule has 4 atom stereocenters. The number of carbonyl (C=O) groups is 3. The maximum Gasteiger partial charge on any atom is 0.269 e. The Morgan fingerprint density at radius 2 is 2.00 bits per heavy atom. The molecule has 0 spiro atoms. The molecule has 2 heterocycles. The first kappa shape index (κ1) is 22.9. The standard InChI is InChI=1S/C21H23Cl2FN4O4/c1-32-19-13(24)9-27(18(19)15(29)7-6-11-8-21(11,22)23)16(30)10-28-14-5-3-2-4-12(14)17(26-28)20(25)31/h2-5,11,13,18-19H,6-10H2,1H3,(H2,25,31)/t11-,13-,18+,19+/m0/s1. The molecular formula is C21H23Cl2FN4O4. The summed E-state index contributed by atoms with van der Waals surface area (Å²) in [5.41, 5.74) is 5.98. The van der Waals surface area contributed by atoms with E-state index in [0.717, 1.165) is 0 Å². The molecule has 2 aromatic rings. The number of nitrogens with zero attached hydrogens (tertiary/aromatic N) is 3. The zero-order valence-electron chi connectivity index (χ0n) is 17.3. The van der Waals surface area contributed by atoms with Crippen molar-refractivity contribution >= 4 is 51.7 Å². The molecule has 0 unspecified atom stereocenters. The van der Waals surface area contributed by atoms with Crippen molar-refractivity contribution in [2.75, 3.05) is 13.7 Å². The number of alkyl halides is 3. The minimum atomic E-state index is -1.51. The number of Topliss-reactive ketones (excluding diaryl/α,β-unsaturated/α-hetero) is 1. The zero-order chi connectivity index (χ0) is 23.2. The van der Waals surface area contributed by atoms with Crippen LogP contribution in [0.3, 0.4) is 0 Å². The second kappa shape index (κ2) is 8.61. The third-order valence-electron chi connectivity index (χ3n) is 6.17. The van der Waals surface area contributed by atoms with E-state index in [-0.39, 0.29) is 36.9 Å². The fraction of sp³-hybridized carbons (Fsp3) is 0.524. The van der Waals surface area contributed by atoms with E-state index in [1.54, 1.807) is 24.3 Å². The van der Waals surface area contributed by atoms with Gasteiger partial charge >= 0.3 is 0 Å². The summed E-state index contributed by atoms with van der Waals surface area (Å²) in [4.78, 5) is 39.0. The van der Waals surface area contributed by atoms with Crippen molar-refractivity contribution in [3.8, 4) is 0 Å². The summed E-state index contributed by atoms with van der Waals surface area (Å²) >= 11 is 12.1. The monoisotopic (exact) mass is 484 g/mol. The number of hydrogen-bond acceptors (Lipinski definition) is 5. The highest BCUT2D eigenvalue weighted by Crippen LogP contribution is 2.55. The van der Waals surface area contributed by atoms with Crippen molar-refractivity contribution < 1.29 is 23.5 Å². The number of fused-ring (bicyclic) bond motifs is 1. The molecule has 32 heavy (non-hydrogen) atoms. The van der Waals surface area contributed by atoms with Gasteiger partial charge in [0.05, 0.1) is 12.1 Å². The smallest absolute Gasteiger partial charge is 0.269 e. The quantitative estimate of drug-likeness (QED) is 0.578. The van der Waals surface area contributed by atoms with Crippen molar-refractivity contribution in [1.82, 2.24) is 14.7 Å². The van der Waals surface area contributed by atoms with Crippen LogP contribution in [-0.2, 0) is 20.9 Å². The number of para-hydroxylation sites is 1. The highest BCUT2D eigenvalue weighted by molar-refractivity contribution is 6.50. The predicted octanol–water partition coefficient (Wildman–Crippen LogP) is 2.24. The van der Waals surface area contributed by atoms with Gasteiger partial charge in [0.1, 0.15) is 29.2 Å². The number of methoxy groups -OCH3 is 1. The van der Waals surface area contributed by atoms with Crippen LogP contribution in [0.1, 0.15) is 29.8 Å². The van der Waals surface area contributed by atoms with Crippen LogP contribution < -0.4 is 5.73 Å². The van der Waals surface area contributed by atoms with E-state index in [4.69, 9.17) is 33.7 Å². The average Bonchev–Trinajstić information content (AvgIpc) is 3.07. The van der Waals surface area contributed by atoms with Gasteiger partial charge in [-0.3, -0.25) is 19.1 Å². The molecule has 0 bridgehead atoms. The number of likely N-dealkylation sites (tertiary alicyclic amines) is 1. The summed E-state index contributed by atoms with van der Waals surface area (Å²) < 4.78 is 20.4. The van der Waals surface area contributed by atoms with Crippen LogP contribution in [-0.4, -0.2) is 68.6 Å². The molecule has 1 aliphatic carbocycles. The van der Waals surface area contributed by atoms with Gasteiger partial charge in [0.2, 0.25) is 5.91 Å². The maximum absolute atomic E-state index is 14.6. The molecule has 8 nitrogen and oxygen atoms in total. The molecule has 1 aromatic heterocycles. The number of amides is 2. The number of aromatic nitrogens is 2. The Balaban J connectivity index is 1.54. The Kier molecular flexibility index (Phi) is 6.17. The summed E-state index contributed by atoms with van der Waals surface area (Å²) in [5, 5.41) is 4.68. The molecule has 1 aliphatic heterocycles. The second-order valence-corrected chi connectivity index (χ2v) is 9.80. The lowest BCUT2D eigenvalue weighted by molar-refractivity contribution is -0.140. The lowest BCUT2D eigenvalue weighted by Crippen LogP contribution is -2.47. The molecule has 2 amide bonds. The van der Waals surface area contributed by atoms with E-state index in [1.165, 1.54) is 16.7 Å². The second-order valence-electron chi connectivity index (χ2n) is 8.26. The van der Waals surface area contributed by atoms with E-state index < -0.39 is 34.5 Å². The topological polar surface area (TPSA) is 108 Å². The minimum absolute atomic E-state index is 0.00478. The summed E-state index contributed by atoms with van der Waals surface area (Å²) in [7, 11) is 1.31. The van der Waals surface area contributed by atoms with Crippen molar-refractivity contribution in [2.24, 2.45) is 11.7 Å². The number of nitrogens with two attached hydrogens (primary N) is 1. The first-order chi connectivity index (χ1) is 15.1. The highest BCUT2D eigenvalue weighted by Gasteiger charge is 2.52. The molecule has 2 N–H and O–H groups in total. The van der Waals surface area contributed by atoms with Crippen LogP contribution in [0.25, 0.3) is 10.9 Å². The van der Waals surface area contributed by atoms with Crippen molar-refractivity contribution in [1.29, 1.82) is 0 Å². The fourth-order valence-electron chi connectivity index (χ4n) is 4.37. The van der Waals surface area contributed by atoms with Gasteiger partial charge in [-0.1, -0.05) is 18.2 Å². The Bertz CT molecular complexity index is 1080. The summed E-state index contributed by atoms with van der Waals surface area (Å²) in [6.07, 6.45) is -1.38. The zero-order valence-corrected chi connectivity index (χ0v) is 18.9. The number of rotatable bonds is 8. The molecule has 4 rings (SSSR count). The fourth-order valence-corrected chi connectivity index (χ4v) is 4.96. The Morgan fingerprint density at radius 3 is 2.62 bits per heavy atom. The Hall–Kier alpha value is -2.23. The number of carbonyl (C=O) groups excluding carboxylic acids is 3. The van der Waals surface area contributed by atoms with Gasteiger partial charge < -0.3 is 15.4 Å². The first-order valence-corrected chi connectivity index (χ1v) is 11.0. The number of benzene rings is 1. The largest absolute Gasteiger partial charge is 0.376 e. The van der Waals surface area contributed by atoms with Gasteiger partial charge in [-0.2, -0.15) is 5.10 Å². The lowest BCUT2D eigenvalue weighted by Gasteiger charge is -2.26. The van der Waals surface area contributed by atoms with E-state index in [1.807, 2.05) is 0 Å². The lowest BCUT2D eigenvalue weighted by atomic mass is 10.0. The van der Waals surface area contributed by atoms with Crippen LogP contribution in [0, 0.1) is 5.92 Å². The van der Waals surface area contributed by atoms with Gasteiger partial charge in [-0.25, -0.2) is 4.39 Å². The van der Waals surface area contributed by atoms with Crippen LogP contribution >= 0.6 is 23.2 Å². The molecule has 2 fully saturated rings. The van der Waals surface area contributed by atoms with E-state index in [9.17, 15) is 18.8 Å². The molecule has 0 radical (unpaired) electrons. The van der Waals surface area contributed by atoms with Gasteiger partial charge in [0, 0.05) is 18.9 Å².